The molecule has 0 aliphatic heterocycles. The predicted molar refractivity (Wildman–Crippen MR) is 76.6 cm³/mol. The summed E-state index contributed by atoms with van der Waals surface area (Å²) in [6, 6.07) is 9.18. The minimum absolute atomic E-state index is 0.629. The molecule has 0 radical (unpaired) electrons. The van der Waals surface area contributed by atoms with Crippen LogP contribution in [0.2, 0.25) is 0 Å². The first-order chi connectivity index (χ1) is 8.19. The maximum atomic E-state index is 3.43. The van der Waals surface area contributed by atoms with E-state index in [0.29, 0.717) is 11.8 Å². The van der Waals surface area contributed by atoms with Gasteiger partial charge in [-0.25, -0.2) is 0 Å². The lowest BCUT2D eigenvalue weighted by Crippen LogP contribution is -2.24. The molecule has 1 heteroatoms. The molecule has 96 valence electrons. The van der Waals surface area contributed by atoms with Crippen LogP contribution in [0.5, 0.6) is 0 Å². The lowest BCUT2D eigenvalue weighted by molar-refractivity contribution is 0.454. The number of hydrogen-bond acceptors (Lipinski definition) is 1. The van der Waals surface area contributed by atoms with E-state index in [1.165, 1.54) is 24.0 Å². The summed E-state index contributed by atoms with van der Waals surface area (Å²) in [5.41, 5.74) is 2.93. The zero-order chi connectivity index (χ0) is 12.7. The van der Waals surface area contributed by atoms with Crippen molar-refractivity contribution in [2.75, 3.05) is 13.1 Å². The van der Waals surface area contributed by atoms with Crippen molar-refractivity contribution < 1.29 is 0 Å². The van der Waals surface area contributed by atoms with Gasteiger partial charge in [0, 0.05) is 0 Å². The summed E-state index contributed by atoms with van der Waals surface area (Å²) in [5, 5.41) is 3.43. The highest BCUT2D eigenvalue weighted by Crippen LogP contribution is 2.24. The van der Waals surface area contributed by atoms with E-state index in [4.69, 9.17) is 0 Å². The Hall–Kier alpha value is -0.820. The highest BCUT2D eigenvalue weighted by atomic mass is 14.8. The van der Waals surface area contributed by atoms with E-state index < -0.39 is 0 Å². The van der Waals surface area contributed by atoms with E-state index in [0.717, 1.165) is 13.1 Å². The standard InChI is InChI=1S/C16H27N/c1-5-7-15-8-10-16(11-9-15)14(4)13(3)12-17-6-2/h8-11,13-14,17H,5-7,12H2,1-4H3. The van der Waals surface area contributed by atoms with E-state index in [1.54, 1.807) is 0 Å². The third-order valence-corrected chi connectivity index (χ3v) is 3.61. The fourth-order valence-corrected chi connectivity index (χ4v) is 2.15. The topological polar surface area (TPSA) is 12.0 Å². The van der Waals surface area contributed by atoms with E-state index in [-0.39, 0.29) is 0 Å². The van der Waals surface area contributed by atoms with Crippen LogP contribution in [0.4, 0.5) is 0 Å². The van der Waals surface area contributed by atoms with Gasteiger partial charge in [-0.1, -0.05) is 58.4 Å². The molecule has 0 bridgehead atoms. The molecule has 0 spiro atoms. The molecule has 0 saturated heterocycles. The van der Waals surface area contributed by atoms with Crippen LogP contribution in [0.3, 0.4) is 0 Å². The van der Waals surface area contributed by atoms with Gasteiger partial charge in [-0.05, 0) is 42.5 Å². The van der Waals surface area contributed by atoms with E-state index in [9.17, 15) is 0 Å². The van der Waals surface area contributed by atoms with Gasteiger partial charge in [-0.2, -0.15) is 0 Å². The summed E-state index contributed by atoms with van der Waals surface area (Å²) < 4.78 is 0. The summed E-state index contributed by atoms with van der Waals surface area (Å²) in [7, 11) is 0. The van der Waals surface area contributed by atoms with Crippen LogP contribution in [0, 0.1) is 5.92 Å². The van der Waals surface area contributed by atoms with Gasteiger partial charge >= 0.3 is 0 Å². The number of benzene rings is 1. The molecule has 1 aromatic carbocycles. The molecule has 0 aliphatic carbocycles. The first kappa shape index (κ1) is 14.2. The Bertz CT molecular complexity index is 302. The fraction of sp³-hybridized carbons (Fsp3) is 0.625. The van der Waals surface area contributed by atoms with E-state index in [1.807, 2.05) is 0 Å². The second-order valence-electron chi connectivity index (χ2n) is 5.07. The third kappa shape index (κ3) is 4.51. The van der Waals surface area contributed by atoms with Crippen molar-refractivity contribution in [1.29, 1.82) is 0 Å². The summed E-state index contributed by atoms with van der Waals surface area (Å²) in [6.45, 7) is 11.2. The Morgan fingerprint density at radius 1 is 1.06 bits per heavy atom. The first-order valence-electron chi connectivity index (χ1n) is 6.98. The van der Waals surface area contributed by atoms with Crippen molar-refractivity contribution in [3.8, 4) is 0 Å². The SMILES string of the molecule is CCCc1ccc(C(C)C(C)CNCC)cc1. The van der Waals surface area contributed by atoms with Crippen molar-refractivity contribution in [3.05, 3.63) is 35.4 Å². The lowest BCUT2D eigenvalue weighted by atomic mass is 9.88. The summed E-state index contributed by atoms with van der Waals surface area (Å²) in [6.07, 6.45) is 2.42. The molecular formula is C16H27N. The smallest absolute Gasteiger partial charge is 0.00175 e. The summed E-state index contributed by atoms with van der Waals surface area (Å²) in [5.74, 6) is 1.32. The molecular weight excluding hydrogens is 206 g/mol. The van der Waals surface area contributed by atoms with Crippen molar-refractivity contribution in [2.45, 2.75) is 46.5 Å². The largest absolute Gasteiger partial charge is 0.317 e. The van der Waals surface area contributed by atoms with Crippen molar-refractivity contribution in [2.24, 2.45) is 5.92 Å². The van der Waals surface area contributed by atoms with E-state index >= 15 is 0 Å². The zero-order valence-electron chi connectivity index (χ0n) is 11.8. The Morgan fingerprint density at radius 2 is 1.71 bits per heavy atom. The molecule has 2 atom stereocenters. The number of rotatable bonds is 7. The second-order valence-corrected chi connectivity index (χ2v) is 5.07. The zero-order valence-corrected chi connectivity index (χ0v) is 11.8. The first-order valence-corrected chi connectivity index (χ1v) is 6.98. The molecule has 0 aliphatic rings. The van der Waals surface area contributed by atoms with Gasteiger partial charge < -0.3 is 5.32 Å². The van der Waals surface area contributed by atoms with Crippen molar-refractivity contribution >= 4 is 0 Å². The minimum atomic E-state index is 0.629. The Labute approximate surface area is 107 Å². The molecule has 17 heavy (non-hydrogen) atoms. The number of hydrogen-bond donors (Lipinski definition) is 1. The van der Waals surface area contributed by atoms with E-state index in [2.05, 4.69) is 57.3 Å². The van der Waals surface area contributed by atoms with Crippen LogP contribution < -0.4 is 5.32 Å². The van der Waals surface area contributed by atoms with Crippen LogP contribution in [-0.4, -0.2) is 13.1 Å². The molecule has 0 amide bonds. The van der Waals surface area contributed by atoms with Gasteiger partial charge in [0.25, 0.3) is 0 Å². The maximum absolute atomic E-state index is 3.43. The Kier molecular flexibility index (Phi) is 6.28. The van der Waals surface area contributed by atoms with Gasteiger partial charge in [0.15, 0.2) is 0 Å². The fourth-order valence-electron chi connectivity index (χ4n) is 2.15. The van der Waals surface area contributed by atoms with Crippen molar-refractivity contribution in [1.82, 2.24) is 5.32 Å². The molecule has 0 saturated carbocycles. The Morgan fingerprint density at radius 3 is 2.24 bits per heavy atom. The van der Waals surface area contributed by atoms with Gasteiger partial charge in [-0.15, -0.1) is 0 Å². The van der Waals surface area contributed by atoms with Crippen LogP contribution in [0.15, 0.2) is 24.3 Å². The molecule has 0 aromatic heterocycles. The van der Waals surface area contributed by atoms with Gasteiger partial charge in [0.1, 0.15) is 0 Å². The van der Waals surface area contributed by atoms with Crippen molar-refractivity contribution in [3.63, 3.8) is 0 Å². The highest BCUT2D eigenvalue weighted by molar-refractivity contribution is 5.25. The monoisotopic (exact) mass is 233 g/mol. The van der Waals surface area contributed by atoms with Crippen LogP contribution in [0.25, 0.3) is 0 Å². The number of aryl methyl sites for hydroxylation is 1. The normalized spacial score (nSPS) is 14.6. The number of nitrogens with one attached hydrogen (secondary N) is 1. The van der Waals surface area contributed by atoms with Gasteiger partial charge in [-0.3, -0.25) is 0 Å². The van der Waals surface area contributed by atoms with Crippen LogP contribution in [0.1, 0.15) is 51.2 Å². The summed E-state index contributed by atoms with van der Waals surface area (Å²) >= 11 is 0. The maximum Gasteiger partial charge on any atom is -0.00175 e. The summed E-state index contributed by atoms with van der Waals surface area (Å²) in [4.78, 5) is 0. The molecule has 2 unspecified atom stereocenters. The molecule has 1 aromatic rings. The minimum Gasteiger partial charge on any atom is -0.317 e. The highest BCUT2D eigenvalue weighted by Gasteiger charge is 2.13. The molecule has 0 fully saturated rings. The average molecular weight is 233 g/mol. The third-order valence-electron chi connectivity index (χ3n) is 3.61. The lowest BCUT2D eigenvalue weighted by Gasteiger charge is -2.20. The quantitative estimate of drug-likeness (QED) is 0.751. The van der Waals surface area contributed by atoms with Crippen LogP contribution >= 0.6 is 0 Å². The molecule has 1 nitrogen and oxygen atoms in total. The Balaban J connectivity index is 2.58. The van der Waals surface area contributed by atoms with Gasteiger partial charge in [0.2, 0.25) is 0 Å². The predicted octanol–water partition coefficient (Wildman–Crippen LogP) is 3.99. The molecule has 1 N–H and O–H groups in total. The molecule has 1 rings (SSSR count). The molecule has 0 heterocycles. The second kappa shape index (κ2) is 7.50. The van der Waals surface area contributed by atoms with Crippen LogP contribution in [-0.2, 0) is 6.42 Å². The average Bonchev–Trinajstić information content (AvgIpc) is 2.36. The van der Waals surface area contributed by atoms with Gasteiger partial charge in [0.05, 0.1) is 0 Å².